The minimum Gasteiger partial charge on any atom is -0.363 e. The number of hydrogen-bond acceptors (Lipinski definition) is 4. The number of likely N-dealkylation sites (tertiary alicyclic amines) is 1. The van der Waals surface area contributed by atoms with Gasteiger partial charge < -0.3 is 10.1 Å². The molecule has 1 amide bonds. The molecule has 2 heterocycles. The summed E-state index contributed by atoms with van der Waals surface area (Å²) in [5.41, 5.74) is 0.593. The first-order chi connectivity index (χ1) is 17.6. The van der Waals surface area contributed by atoms with E-state index in [1.165, 1.54) is 11.6 Å². The van der Waals surface area contributed by atoms with E-state index in [2.05, 4.69) is 22.4 Å². The highest BCUT2D eigenvalue weighted by atomic mass is 19.4. The predicted octanol–water partition coefficient (Wildman–Crippen LogP) is 5.65. The highest BCUT2D eigenvalue weighted by molar-refractivity contribution is 5.85. The Labute approximate surface area is 216 Å². The molecule has 1 N–H and O–H groups in total. The van der Waals surface area contributed by atoms with Gasteiger partial charge >= 0.3 is 6.18 Å². The van der Waals surface area contributed by atoms with Crippen molar-refractivity contribution in [3.8, 4) is 6.07 Å². The van der Waals surface area contributed by atoms with Crippen LogP contribution in [-0.2, 0) is 22.3 Å². The van der Waals surface area contributed by atoms with Crippen molar-refractivity contribution in [1.82, 2.24) is 10.2 Å². The van der Waals surface area contributed by atoms with Crippen LogP contribution in [0, 0.1) is 17.2 Å². The minimum atomic E-state index is -4.42. The van der Waals surface area contributed by atoms with Gasteiger partial charge in [-0.1, -0.05) is 38.1 Å². The van der Waals surface area contributed by atoms with Gasteiger partial charge in [-0.3, -0.25) is 9.69 Å². The molecule has 37 heavy (non-hydrogen) atoms. The third kappa shape index (κ3) is 6.16. The first-order valence-electron chi connectivity index (χ1n) is 12.9. The van der Waals surface area contributed by atoms with Crippen molar-refractivity contribution >= 4 is 5.91 Å². The molecule has 0 bridgehead atoms. The molecule has 0 saturated carbocycles. The van der Waals surface area contributed by atoms with Crippen molar-refractivity contribution in [2.75, 3.05) is 19.7 Å². The summed E-state index contributed by atoms with van der Waals surface area (Å²) in [6.45, 7) is 6.24. The Morgan fingerprint density at radius 1 is 1.16 bits per heavy atom. The third-order valence-corrected chi connectivity index (χ3v) is 7.94. The van der Waals surface area contributed by atoms with Crippen LogP contribution >= 0.6 is 0 Å². The summed E-state index contributed by atoms with van der Waals surface area (Å²) < 4.78 is 45.4. The first kappa shape index (κ1) is 27.2. The number of ether oxygens (including phenoxy) is 1. The average Bonchev–Trinajstić information content (AvgIpc) is 2.91. The van der Waals surface area contributed by atoms with Crippen LogP contribution in [-0.4, -0.2) is 42.1 Å². The number of rotatable bonds is 6. The minimum absolute atomic E-state index is 0.0184. The Morgan fingerprint density at radius 2 is 1.89 bits per heavy atom. The van der Waals surface area contributed by atoms with Crippen molar-refractivity contribution in [3.05, 3.63) is 70.8 Å². The van der Waals surface area contributed by atoms with Crippen LogP contribution in [0.3, 0.4) is 0 Å². The second-order valence-corrected chi connectivity index (χ2v) is 10.5. The summed E-state index contributed by atoms with van der Waals surface area (Å²) in [4.78, 5) is 15.7. The summed E-state index contributed by atoms with van der Waals surface area (Å²) >= 11 is 0. The Bertz CT molecular complexity index is 1130. The van der Waals surface area contributed by atoms with Crippen LogP contribution in [0.15, 0.2) is 48.5 Å². The van der Waals surface area contributed by atoms with Crippen LogP contribution in [0.5, 0.6) is 0 Å². The lowest BCUT2D eigenvalue weighted by Crippen LogP contribution is -2.58. The normalized spacial score (nSPS) is 23.5. The molecule has 2 aromatic carbocycles. The fourth-order valence-corrected chi connectivity index (χ4v) is 5.62. The highest BCUT2D eigenvalue weighted by Gasteiger charge is 2.46. The van der Waals surface area contributed by atoms with Crippen LogP contribution in [0.25, 0.3) is 0 Å². The lowest BCUT2D eigenvalue weighted by molar-refractivity contribution is -0.170. The molecule has 2 unspecified atom stereocenters. The maximum Gasteiger partial charge on any atom is 0.416 e. The second-order valence-electron chi connectivity index (χ2n) is 10.5. The summed E-state index contributed by atoms with van der Waals surface area (Å²) in [5, 5.41) is 12.0. The van der Waals surface area contributed by atoms with Gasteiger partial charge in [0.2, 0.25) is 0 Å². The van der Waals surface area contributed by atoms with Crippen LogP contribution < -0.4 is 5.32 Å². The van der Waals surface area contributed by atoms with E-state index in [0.717, 1.165) is 44.5 Å². The molecular formula is C29H34F3N3O2. The van der Waals surface area contributed by atoms with Crippen molar-refractivity contribution in [1.29, 1.82) is 5.26 Å². The number of carbonyl (C=O) groups is 1. The lowest BCUT2D eigenvalue weighted by Gasteiger charge is -2.46. The second kappa shape index (κ2) is 11.2. The van der Waals surface area contributed by atoms with Gasteiger partial charge in [-0.2, -0.15) is 18.4 Å². The largest absolute Gasteiger partial charge is 0.416 e. The maximum absolute atomic E-state index is 13.3. The number of hydrogen-bond donors (Lipinski definition) is 1. The zero-order chi connectivity index (χ0) is 26.6. The van der Waals surface area contributed by atoms with Gasteiger partial charge in [-0.15, -0.1) is 0 Å². The van der Waals surface area contributed by atoms with Gasteiger partial charge in [0, 0.05) is 12.6 Å². The fourth-order valence-electron chi connectivity index (χ4n) is 5.62. The number of amides is 1. The van der Waals surface area contributed by atoms with Crippen LogP contribution in [0.4, 0.5) is 13.2 Å². The van der Waals surface area contributed by atoms with E-state index < -0.39 is 17.3 Å². The van der Waals surface area contributed by atoms with E-state index in [9.17, 15) is 23.2 Å². The van der Waals surface area contributed by atoms with E-state index in [0.29, 0.717) is 30.1 Å². The van der Waals surface area contributed by atoms with E-state index in [1.54, 1.807) is 6.07 Å². The molecule has 0 aromatic heterocycles. The number of nitrogens with zero attached hydrogens (tertiary/aromatic N) is 2. The number of alkyl halides is 3. The molecular weight excluding hydrogens is 479 g/mol. The molecule has 0 spiro atoms. The van der Waals surface area contributed by atoms with E-state index in [-0.39, 0.29) is 24.4 Å². The van der Waals surface area contributed by atoms with Crippen molar-refractivity contribution in [2.45, 2.75) is 69.8 Å². The van der Waals surface area contributed by atoms with Crippen LogP contribution in [0.1, 0.15) is 67.7 Å². The number of nitrogens with one attached hydrogen (secondary N) is 1. The SMILES string of the molecule is CC(C)C1(C(=O)NCc2cccc(C(F)(F)F)c2)CCC(N2CCC(c3cccc(C#N)c3)CC2)CO1. The van der Waals surface area contributed by atoms with Gasteiger partial charge in [-0.05, 0) is 86.0 Å². The number of carbonyl (C=O) groups excluding carboxylic acids is 1. The molecule has 2 fully saturated rings. The van der Waals surface area contributed by atoms with Gasteiger partial charge in [0.25, 0.3) is 5.91 Å². The van der Waals surface area contributed by atoms with Gasteiger partial charge in [0.05, 0.1) is 23.8 Å². The standard InChI is InChI=1S/C29H34F3N3O2/c1-20(2)28(27(36)34-18-22-6-4-8-25(16-22)29(30,31)32)12-9-26(19-37-28)35-13-10-23(11-14-35)24-7-3-5-21(15-24)17-33/h3-8,15-16,20,23,26H,9-14,18-19H2,1-2H3,(H,34,36). The molecule has 0 aliphatic carbocycles. The Balaban J connectivity index is 1.32. The van der Waals surface area contributed by atoms with Crippen molar-refractivity contribution in [3.63, 3.8) is 0 Å². The maximum atomic E-state index is 13.3. The van der Waals surface area contributed by atoms with Gasteiger partial charge in [0.15, 0.2) is 0 Å². The predicted molar refractivity (Wildman–Crippen MR) is 135 cm³/mol. The summed E-state index contributed by atoms with van der Waals surface area (Å²) in [5.74, 6) is 0.0907. The molecule has 2 atom stereocenters. The van der Waals surface area contributed by atoms with E-state index >= 15 is 0 Å². The number of nitriles is 1. The molecule has 5 nitrogen and oxygen atoms in total. The zero-order valence-electron chi connectivity index (χ0n) is 21.4. The first-order valence-corrected chi connectivity index (χ1v) is 12.9. The number of benzene rings is 2. The Kier molecular flexibility index (Phi) is 8.25. The Hall–Kier alpha value is -2.89. The van der Waals surface area contributed by atoms with E-state index in [1.807, 2.05) is 32.0 Å². The number of piperidine rings is 1. The topological polar surface area (TPSA) is 65.4 Å². The molecule has 0 radical (unpaired) electrons. The summed E-state index contributed by atoms with van der Waals surface area (Å²) in [7, 11) is 0. The van der Waals surface area contributed by atoms with E-state index in [4.69, 9.17) is 4.74 Å². The Morgan fingerprint density at radius 3 is 2.51 bits per heavy atom. The molecule has 4 rings (SSSR count). The van der Waals surface area contributed by atoms with Crippen LogP contribution in [0.2, 0.25) is 0 Å². The fraction of sp³-hybridized carbons (Fsp3) is 0.517. The quantitative estimate of drug-likeness (QED) is 0.543. The summed E-state index contributed by atoms with van der Waals surface area (Å²) in [6.07, 6.45) is -1.01. The van der Waals surface area contributed by atoms with Gasteiger partial charge in [-0.25, -0.2) is 0 Å². The molecule has 2 aliphatic rings. The zero-order valence-corrected chi connectivity index (χ0v) is 21.4. The molecule has 198 valence electrons. The van der Waals surface area contributed by atoms with Crippen molar-refractivity contribution < 1.29 is 22.7 Å². The summed E-state index contributed by atoms with van der Waals surface area (Å²) in [6, 6.07) is 15.3. The number of halogens is 3. The molecule has 8 heteroatoms. The molecule has 2 aromatic rings. The molecule has 2 saturated heterocycles. The van der Waals surface area contributed by atoms with Crippen molar-refractivity contribution in [2.24, 2.45) is 5.92 Å². The third-order valence-electron chi connectivity index (χ3n) is 7.94. The monoisotopic (exact) mass is 513 g/mol. The molecule has 2 aliphatic heterocycles. The average molecular weight is 514 g/mol. The highest BCUT2D eigenvalue weighted by Crippen LogP contribution is 2.37. The lowest BCUT2D eigenvalue weighted by atomic mass is 9.80. The van der Waals surface area contributed by atoms with Gasteiger partial charge in [0.1, 0.15) is 5.60 Å². The smallest absolute Gasteiger partial charge is 0.363 e.